The summed E-state index contributed by atoms with van der Waals surface area (Å²) >= 11 is 7.68. The smallest absolute Gasteiger partial charge is 0.247 e. The zero-order valence-corrected chi connectivity index (χ0v) is 20.4. The highest BCUT2D eigenvalue weighted by atomic mass is 35.5. The molecule has 7 nitrogen and oxygen atoms in total. The van der Waals surface area contributed by atoms with Crippen LogP contribution in [0.4, 0.5) is 5.69 Å². The van der Waals surface area contributed by atoms with Crippen molar-refractivity contribution < 1.29 is 13.9 Å². The average molecular weight is 493 g/mol. The molecule has 0 aliphatic carbocycles. The van der Waals surface area contributed by atoms with E-state index in [9.17, 15) is 4.79 Å². The quantitative estimate of drug-likeness (QED) is 0.308. The van der Waals surface area contributed by atoms with E-state index in [4.69, 9.17) is 20.8 Å². The molecule has 1 amide bonds. The van der Waals surface area contributed by atoms with E-state index in [1.165, 1.54) is 11.8 Å². The number of aryl methyl sites for hydroxylation is 1. The number of anilines is 1. The SMILES string of the molecule is CCC(=O)N1c2ccccc2-c2nnc(SC)nc2O[C@H]1c1ccc(-c2ccc(C)c(Cl)c2)o1. The van der Waals surface area contributed by atoms with Crippen molar-refractivity contribution in [1.29, 1.82) is 0 Å². The van der Waals surface area contributed by atoms with Gasteiger partial charge in [0.2, 0.25) is 23.2 Å². The summed E-state index contributed by atoms with van der Waals surface area (Å²) in [5, 5.41) is 9.67. The molecule has 0 fully saturated rings. The highest BCUT2D eigenvalue weighted by molar-refractivity contribution is 7.98. The molecule has 5 rings (SSSR count). The van der Waals surface area contributed by atoms with Crippen molar-refractivity contribution in [3.05, 3.63) is 70.9 Å². The number of carbonyl (C=O) groups is 1. The number of ether oxygens (including phenoxy) is 1. The number of hydrogen-bond acceptors (Lipinski definition) is 7. The number of aromatic nitrogens is 3. The number of halogens is 1. The predicted molar refractivity (Wildman–Crippen MR) is 132 cm³/mol. The van der Waals surface area contributed by atoms with E-state index < -0.39 is 6.23 Å². The van der Waals surface area contributed by atoms with Gasteiger partial charge in [-0.2, -0.15) is 4.98 Å². The monoisotopic (exact) mass is 492 g/mol. The average Bonchev–Trinajstić information content (AvgIpc) is 3.30. The minimum absolute atomic E-state index is 0.125. The maximum atomic E-state index is 13.2. The zero-order valence-electron chi connectivity index (χ0n) is 18.8. The van der Waals surface area contributed by atoms with Gasteiger partial charge in [-0.15, -0.1) is 10.2 Å². The number of benzene rings is 2. The molecule has 172 valence electrons. The summed E-state index contributed by atoms with van der Waals surface area (Å²) in [6.45, 7) is 3.76. The number of carbonyl (C=O) groups excluding carboxylic acids is 1. The number of hydrogen-bond donors (Lipinski definition) is 0. The largest absolute Gasteiger partial charge is 0.455 e. The number of amides is 1. The van der Waals surface area contributed by atoms with Gasteiger partial charge < -0.3 is 9.15 Å². The Bertz CT molecular complexity index is 1390. The van der Waals surface area contributed by atoms with Gasteiger partial charge in [-0.25, -0.2) is 0 Å². The molecule has 0 N–H and O–H groups in total. The Morgan fingerprint density at radius 3 is 2.74 bits per heavy atom. The minimum Gasteiger partial charge on any atom is -0.455 e. The molecule has 0 saturated carbocycles. The lowest BCUT2D eigenvalue weighted by molar-refractivity contribution is -0.120. The van der Waals surface area contributed by atoms with Crippen LogP contribution in [0.1, 0.15) is 30.9 Å². The number of thioether (sulfide) groups is 1. The van der Waals surface area contributed by atoms with Crippen LogP contribution in [0.5, 0.6) is 5.88 Å². The maximum Gasteiger partial charge on any atom is 0.247 e. The zero-order chi connectivity index (χ0) is 23.8. The van der Waals surface area contributed by atoms with Gasteiger partial charge in [0.25, 0.3) is 0 Å². The van der Waals surface area contributed by atoms with Crippen molar-refractivity contribution in [2.75, 3.05) is 11.2 Å². The van der Waals surface area contributed by atoms with Crippen molar-refractivity contribution in [3.8, 4) is 28.5 Å². The molecule has 9 heteroatoms. The molecule has 0 spiro atoms. The van der Waals surface area contributed by atoms with Crippen LogP contribution in [0, 0.1) is 6.92 Å². The third kappa shape index (κ3) is 3.93. The Balaban J connectivity index is 1.67. The summed E-state index contributed by atoms with van der Waals surface area (Å²) < 4.78 is 12.6. The van der Waals surface area contributed by atoms with Crippen LogP contribution < -0.4 is 9.64 Å². The van der Waals surface area contributed by atoms with Crippen LogP contribution >= 0.6 is 23.4 Å². The lowest BCUT2D eigenvalue weighted by atomic mass is 10.1. The van der Waals surface area contributed by atoms with Gasteiger partial charge in [-0.3, -0.25) is 9.69 Å². The summed E-state index contributed by atoms with van der Waals surface area (Å²) in [5.41, 5.74) is 3.66. The number of rotatable bonds is 4. The Labute approximate surface area is 206 Å². The van der Waals surface area contributed by atoms with Crippen molar-refractivity contribution >= 4 is 35.0 Å². The maximum absolute atomic E-state index is 13.2. The lowest BCUT2D eigenvalue weighted by Crippen LogP contribution is -2.37. The van der Waals surface area contributed by atoms with E-state index in [1.807, 2.05) is 68.6 Å². The highest BCUT2D eigenvalue weighted by Gasteiger charge is 2.37. The standard InChI is InChI=1S/C25H21ClN4O3S/c1-4-21(31)30-18-8-6-5-7-16(18)22-23(27-25(34-3)29-28-22)33-24(30)20-12-11-19(32-20)15-10-9-14(2)17(26)13-15/h5-13,24H,4H2,1-3H3/t24-/m0/s1. The van der Waals surface area contributed by atoms with Crippen LogP contribution in [0.15, 0.2) is 64.2 Å². The summed E-state index contributed by atoms with van der Waals surface area (Å²) in [5.74, 6) is 1.24. The van der Waals surface area contributed by atoms with Crippen molar-refractivity contribution in [1.82, 2.24) is 15.2 Å². The topological polar surface area (TPSA) is 81.4 Å². The molecule has 2 aromatic carbocycles. The number of fused-ring (bicyclic) bond motifs is 3. The summed E-state index contributed by atoms with van der Waals surface area (Å²) in [4.78, 5) is 19.4. The first kappa shape index (κ1) is 22.4. The number of nitrogens with zero attached hydrogens (tertiary/aromatic N) is 4. The third-order valence-corrected chi connectivity index (χ3v) is 6.54. The molecule has 1 aliphatic heterocycles. The van der Waals surface area contributed by atoms with Crippen LogP contribution in [-0.2, 0) is 4.79 Å². The normalized spacial score (nSPS) is 14.7. The predicted octanol–water partition coefficient (Wildman–Crippen LogP) is 6.32. The first-order valence-corrected chi connectivity index (χ1v) is 12.3. The van der Waals surface area contributed by atoms with Gasteiger partial charge in [0, 0.05) is 22.6 Å². The Kier molecular flexibility index (Phi) is 6.02. The summed E-state index contributed by atoms with van der Waals surface area (Å²) in [7, 11) is 0. The molecule has 0 unspecified atom stereocenters. The van der Waals surface area contributed by atoms with E-state index >= 15 is 0 Å². The molecule has 4 aromatic rings. The fraction of sp³-hybridized carbons (Fsp3) is 0.200. The van der Waals surface area contributed by atoms with Crippen LogP contribution in [-0.4, -0.2) is 27.3 Å². The second-order valence-electron chi connectivity index (χ2n) is 7.72. The molecular formula is C25H21ClN4O3S. The molecule has 1 atom stereocenters. The lowest BCUT2D eigenvalue weighted by Gasteiger charge is -2.29. The molecular weight excluding hydrogens is 472 g/mol. The van der Waals surface area contributed by atoms with E-state index in [1.54, 1.807) is 11.0 Å². The second-order valence-corrected chi connectivity index (χ2v) is 8.90. The van der Waals surface area contributed by atoms with Gasteiger partial charge >= 0.3 is 0 Å². The summed E-state index contributed by atoms with van der Waals surface area (Å²) in [6, 6.07) is 16.9. The van der Waals surface area contributed by atoms with Crippen LogP contribution in [0.3, 0.4) is 0 Å². The van der Waals surface area contributed by atoms with Crippen molar-refractivity contribution in [2.45, 2.75) is 31.7 Å². The van der Waals surface area contributed by atoms with Crippen LogP contribution in [0.2, 0.25) is 5.02 Å². The van der Waals surface area contributed by atoms with E-state index in [0.717, 1.165) is 11.1 Å². The van der Waals surface area contributed by atoms with E-state index in [0.29, 0.717) is 44.5 Å². The van der Waals surface area contributed by atoms with Crippen molar-refractivity contribution in [3.63, 3.8) is 0 Å². The first-order valence-electron chi connectivity index (χ1n) is 10.7. The summed E-state index contributed by atoms with van der Waals surface area (Å²) in [6.07, 6.45) is 1.26. The second kappa shape index (κ2) is 9.12. The van der Waals surface area contributed by atoms with E-state index in [-0.39, 0.29) is 12.3 Å². The van der Waals surface area contributed by atoms with Gasteiger partial charge in [-0.05, 0) is 43.0 Å². The Hall–Kier alpha value is -3.36. The first-order chi connectivity index (χ1) is 16.5. The fourth-order valence-corrected chi connectivity index (χ4v) is 4.29. The van der Waals surface area contributed by atoms with Crippen molar-refractivity contribution in [2.24, 2.45) is 0 Å². The van der Waals surface area contributed by atoms with Crippen LogP contribution in [0.25, 0.3) is 22.6 Å². The molecule has 2 aromatic heterocycles. The molecule has 0 saturated heterocycles. The molecule has 0 bridgehead atoms. The number of furan rings is 1. The van der Waals surface area contributed by atoms with Gasteiger partial charge in [-0.1, -0.05) is 60.6 Å². The number of para-hydroxylation sites is 1. The highest BCUT2D eigenvalue weighted by Crippen LogP contribution is 2.44. The molecule has 34 heavy (non-hydrogen) atoms. The molecule has 1 aliphatic rings. The third-order valence-electron chi connectivity index (χ3n) is 5.59. The Morgan fingerprint density at radius 1 is 1.15 bits per heavy atom. The minimum atomic E-state index is -0.879. The van der Waals surface area contributed by atoms with Gasteiger partial charge in [0.1, 0.15) is 5.76 Å². The van der Waals surface area contributed by atoms with E-state index in [2.05, 4.69) is 15.2 Å². The fourth-order valence-electron chi connectivity index (χ4n) is 3.81. The molecule has 3 heterocycles. The van der Waals surface area contributed by atoms with Gasteiger partial charge in [0.05, 0.1) is 5.69 Å². The Morgan fingerprint density at radius 2 is 1.97 bits per heavy atom. The molecule has 0 radical (unpaired) electrons. The van der Waals surface area contributed by atoms with Gasteiger partial charge in [0.15, 0.2) is 11.5 Å².